The second-order valence-corrected chi connectivity index (χ2v) is 25.3. The van der Waals surface area contributed by atoms with Crippen LogP contribution in [0.15, 0.2) is 12.1 Å². The fraction of sp³-hybridized carbons (Fsp3) is 0.918. The van der Waals surface area contributed by atoms with E-state index in [1.807, 2.05) is 0 Å². The Labute approximate surface area is 493 Å². The van der Waals surface area contributed by atoms with Crippen molar-refractivity contribution >= 4 is 15.9 Å². The van der Waals surface area contributed by atoms with Crippen molar-refractivity contribution in [3.8, 4) is 17.2 Å². The molecule has 1 aromatic carbocycles. The first-order valence-electron chi connectivity index (χ1n) is 35.9. The van der Waals surface area contributed by atoms with Crippen molar-refractivity contribution in [1.29, 1.82) is 0 Å². The summed E-state index contributed by atoms with van der Waals surface area (Å²) in [6.45, 7) is 9.17. The van der Waals surface area contributed by atoms with Gasteiger partial charge in [0.25, 0.3) is 0 Å². The summed E-state index contributed by atoms with van der Waals surface area (Å²) in [5.41, 5.74) is 1.20. The van der Waals surface area contributed by atoms with Gasteiger partial charge >= 0.3 is 0 Å². The topological polar surface area (TPSA) is 27.7 Å². The summed E-state index contributed by atoms with van der Waals surface area (Å²) in [6.07, 6.45) is 84.2. The zero-order chi connectivity index (χ0) is 55.1. The van der Waals surface area contributed by atoms with Gasteiger partial charge in [0, 0.05) is 5.33 Å². The summed E-state index contributed by atoms with van der Waals surface area (Å²) in [5.74, 6) is 2.60. The zero-order valence-corrected chi connectivity index (χ0v) is 54.6. The maximum atomic E-state index is 6.63. The first kappa shape index (κ1) is 74.1. The molecule has 4 heteroatoms. The van der Waals surface area contributed by atoms with Gasteiger partial charge in [-0.3, -0.25) is 0 Å². The van der Waals surface area contributed by atoms with Gasteiger partial charge in [-0.05, 0) is 37.0 Å². The molecule has 0 radical (unpaired) electrons. The van der Waals surface area contributed by atoms with Gasteiger partial charge in [0.15, 0.2) is 11.5 Å². The fourth-order valence-electron chi connectivity index (χ4n) is 11.7. The first-order valence-corrected chi connectivity index (χ1v) is 37.0. The van der Waals surface area contributed by atoms with E-state index < -0.39 is 0 Å². The Morgan fingerprint density at radius 2 is 0.377 bits per heavy atom. The van der Waals surface area contributed by atoms with Gasteiger partial charge in [0.2, 0.25) is 5.75 Å². The summed E-state index contributed by atoms with van der Waals surface area (Å²) in [6, 6.07) is 4.39. The normalized spacial score (nSPS) is 11.6. The molecule has 0 atom stereocenters. The monoisotopic (exact) mass is 1140 g/mol. The lowest BCUT2D eigenvalue weighted by Crippen LogP contribution is -2.07. The Bertz CT molecular complexity index is 1180. The van der Waals surface area contributed by atoms with Crippen molar-refractivity contribution in [1.82, 2.24) is 0 Å². The van der Waals surface area contributed by atoms with Crippen molar-refractivity contribution in [3.63, 3.8) is 0 Å². The van der Waals surface area contributed by atoms with Crippen molar-refractivity contribution in [3.05, 3.63) is 17.7 Å². The number of ether oxygens (including phenoxy) is 3. The average Bonchev–Trinajstić information content (AvgIpc) is 3.44. The summed E-state index contributed by atoms with van der Waals surface area (Å²) >= 11 is 3.75. The predicted molar refractivity (Wildman–Crippen MR) is 350 cm³/mol. The molecule has 0 unspecified atom stereocenters. The molecular weight excluding hydrogens is 1000 g/mol. The van der Waals surface area contributed by atoms with E-state index in [0.717, 1.165) is 61.7 Å². The molecular formula is C73H139BrO3. The second-order valence-electron chi connectivity index (χ2n) is 24.8. The fourth-order valence-corrected chi connectivity index (χ4v) is 12.0. The number of rotatable bonds is 67. The number of halogens is 1. The van der Waals surface area contributed by atoms with Crippen molar-refractivity contribution in [2.75, 3.05) is 19.8 Å². The number of hydrogen-bond donors (Lipinski definition) is 0. The SMILES string of the molecule is CCCCCCCCCCCCCCCCCCCCCCOc1cc(CBr)cc(OCCCCCCCCCCCCCCCCCCCCCC)c1OCCCCCCCCCCCCCCCCCCCCCC. The molecule has 0 aliphatic carbocycles. The van der Waals surface area contributed by atoms with E-state index in [9.17, 15) is 0 Å². The molecule has 0 saturated carbocycles. The number of alkyl halides is 1. The van der Waals surface area contributed by atoms with Gasteiger partial charge in [0.1, 0.15) is 0 Å². The summed E-state index contributed by atoms with van der Waals surface area (Å²) in [5, 5.41) is 0.790. The van der Waals surface area contributed by atoms with Gasteiger partial charge in [-0.1, -0.05) is 403 Å². The molecule has 0 amide bonds. The summed E-state index contributed by atoms with van der Waals surface area (Å²) < 4.78 is 19.8. The van der Waals surface area contributed by atoms with E-state index in [1.165, 1.54) is 372 Å². The van der Waals surface area contributed by atoms with Crippen molar-refractivity contribution in [2.24, 2.45) is 0 Å². The Kier molecular flexibility index (Phi) is 61.9. The van der Waals surface area contributed by atoms with Gasteiger partial charge in [-0.2, -0.15) is 0 Å². The Morgan fingerprint density at radius 3 is 0.545 bits per heavy atom. The molecule has 0 aliphatic heterocycles. The van der Waals surface area contributed by atoms with Gasteiger partial charge in [0.05, 0.1) is 19.8 Å². The minimum atomic E-state index is 0.734. The molecule has 1 aromatic rings. The minimum absolute atomic E-state index is 0.734. The lowest BCUT2D eigenvalue weighted by atomic mass is 10.0. The Hall–Kier alpha value is -0.900. The first-order chi connectivity index (χ1) is 38.3. The van der Waals surface area contributed by atoms with Crippen LogP contribution >= 0.6 is 15.9 Å². The summed E-state index contributed by atoms with van der Waals surface area (Å²) in [4.78, 5) is 0. The van der Waals surface area contributed by atoms with Crippen LogP contribution in [0.4, 0.5) is 0 Å². The molecule has 0 bridgehead atoms. The maximum absolute atomic E-state index is 6.63. The quantitative estimate of drug-likeness (QED) is 0.0481. The molecule has 0 saturated heterocycles. The average molecular weight is 1140 g/mol. The van der Waals surface area contributed by atoms with Crippen LogP contribution in [0, 0.1) is 0 Å². The Balaban J connectivity index is 2.35. The number of unbranched alkanes of at least 4 members (excludes halogenated alkanes) is 57. The Morgan fingerprint density at radius 1 is 0.221 bits per heavy atom. The van der Waals surface area contributed by atoms with Crippen LogP contribution in [-0.2, 0) is 5.33 Å². The largest absolute Gasteiger partial charge is 0.490 e. The molecule has 0 spiro atoms. The minimum Gasteiger partial charge on any atom is -0.490 e. The maximum Gasteiger partial charge on any atom is 0.203 e. The number of hydrogen-bond acceptors (Lipinski definition) is 3. The molecule has 0 N–H and O–H groups in total. The standard InChI is InChI=1S/C73H139BrO3/c1-4-7-10-13-16-19-22-25-28-31-34-37-40-43-46-49-52-55-58-61-64-75-71-67-70(69-74)68-72(76-65-62-59-56-53-50-47-44-41-38-35-32-29-26-23-20-17-14-11-8-5-2)73(71)77-66-63-60-57-54-51-48-45-42-39-36-33-30-27-24-21-18-15-12-9-6-3/h67-68H,4-66,69H2,1-3H3. The second kappa shape index (κ2) is 64.3. The molecule has 0 fully saturated rings. The van der Waals surface area contributed by atoms with Crippen LogP contribution in [0.1, 0.15) is 412 Å². The highest BCUT2D eigenvalue weighted by Crippen LogP contribution is 2.40. The van der Waals surface area contributed by atoms with E-state index in [-0.39, 0.29) is 0 Å². The van der Waals surface area contributed by atoms with Crippen molar-refractivity contribution in [2.45, 2.75) is 411 Å². The molecule has 1 rings (SSSR count). The van der Waals surface area contributed by atoms with Crippen LogP contribution in [-0.4, -0.2) is 19.8 Å². The third-order valence-corrected chi connectivity index (χ3v) is 17.6. The zero-order valence-electron chi connectivity index (χ0n) is 53.0. The van der Waals surface area contributed by atoms with Gasteiger partial charge in [-0.15, -0.1) is 0 Å². The lowest BCUT2D eigenvalue weighted by Gasteiger charge is -2.18. The van der Waals surface area contributed by atoms with Crippen LogP contribution in [0.3, 0.4) is 0 Å². The third-order valence-electron chi connectivity index (χ3n) is 17.0. The molecule has 0 aliphatic rings. The molecule has 0 aromatic heterocycles. The van der Waals surface area contributed by atoms with E-state index in [1.54, 1.807) is 0 Å². The smallest absolute Gasteiger partial charge is 0.203 e. The highest BCUT2D eigenvalue weighted by Gasteiger charge is 2.16. The number of benzene rings is 1. The molecule has 3 nitrogen and oxygen atoms in total. The molecule has 456 valence electrons. The van der Waals surface area contributed by atoms with Crippen LogP contribution in [0.25, 0.3) is 0 Å². The third kappa shape index (κ3) is 54.1. The van der Waals surface area contributed by atoms with E-state index in [4.69, 9.17) is 14.2 Å². The van der Waals surface area contributed by atoms with Gasteiger partial charge in [-0.25, -0.2) is 0 Å². The van der Waals surface area contributed by atoms with Gasteiger partial charge < -0.3 is 14.2 Å². The van der Waals surface area contributed by atoms with Crippen LogP contribution in [0.5, 0.6) is 17.2 Å². The van der Waals surface area contributed by atoms with Crippen LogP contribution in [0.2, 0.25) is 0 Å². The van der Waals surface area contributed by atoms with E-state index in [0.29, 0.717) is 0 Å². The molecule has 77 heavy (non-hydrogen) atoms. The predicted octanol–water partition coefficient (Wildman–Crippen LogP) is 27.2. The summed E-state index contributed by atoms with van der Waals surface area (Å²) in [7, 11) is 0. The van der Waals surface area contributed by atoms with Crippen LogP contribution < -0.4 is 14.2 Å². The lowest BCUT2D eigenvalue weighted by molar-refractivity contribution is 0.234. The molecule has 0 heterocycles. The van der Waals surface area contributed by atoms with E-state index >= 15 is 0 Å². The highest BCUT2D eigenvalue weighted by atomic mass is 79.9. The van der Waals surface area contributed by atoms with Crippen molar-refractivity contribution < 1.29 is 14.2 Å². The van der Waals surface area contributed by atoms with E-state index in [2.05, 4.69) is 48.8 Å². The highest BCUT2D eigenvalue weighted by molar-refractivity contribution is 9.08.